The molecule has 0 unspecified atom stereocenters. The third kappa shape index (κ3) is 3.67. The maximum absolute atomic E-state index is 14.3. The van der Waals surface area contributed by atoms with Gasteiger partial charge in [-0.05, 0) is 49.9 Å². The van der Waals surface area contributed by atoms with E-state index in [0.29, 0.717) is 17.7 Å². The topological polar surface area (TPSA) is 113 Å². The van der Waals surface area contributed by atoms with Crippen molar-refractivity contribution in [1.29, 1.82) is 0 Å². The van der Waals surface area contributed by atoms with Crippen molar-refractivity contribution in [2.75, 3.05) is 18.1 Å². The minimum absolute atomic E-state index is 0.0288. The smallest absolute Gasteiger partial charge is 0.241 e. The van der Waals surface area contributed by atoms with Crippen molar-refractivity contribution in [2.24, 2.45) is 29.1 Å². The van der Waals surface area contributed by atoms with Gasteiger partial charge in [0.25, 0.3) is 0 Å². The Hall–Kier alpha value is -3.56. The lowest BCUT2D eigenvalue weighted by atomic mass is 9.51. The highest BCUT2D eigenvalue weighted by Crippen LogP contribution is 2.64. The number of carbonyl (C=O) groups is 4. The van der Waals surface area contributed by atoms with Crippen LogP contribution in [0.25, 0.3) is 0 Å². The van der Waals surface area contributed by atoms with E-state index in [1.165, 1.54) is 12.1 Å². The molecule has 3 fully saturated rings. The number of hydrogen-bond acceptors (Lipinski definition) is 6. The Balaban J connectivity index is 1.54. The molecule has 0 radical (unpaired) electrons. The van der Waals surface area contributed by atoms with Gasteiger partial charge < -0.3 is 9.84 Å². The molecule has 0 aromatic heterocycles. The minimum atomic E-state index is -1.27. The molecule has 6 atom stereocenters. The standard InChI is InChI=1S/C29H26ClFN2O6/c1-29-19(27(37)33(28(29)38)14-6-9-21(31)20(30)12-14)13-18-15(7-8-17-23(18)26(36)32-25(17)35)24(29)16-4-2-3-5-22(16)39-11-10-34/h2-7,9,12,17-19,23-24,34H,8,10-11,13H2,1H3,(H,32,35,36)/t17-,18+,19-,23-,24+,29+/m0/s1. The first-order valence-electron chi connectivity index (χ1n) is 12.9. The monoisotopic (exact) mass is 552 g/mol. The normalized spacial score (nSPS) is 31.4. The number of nitrogens with zero attached hydrogens (tertiary/aromatic N) is 1. The molecule has 2 saturated heterocycles. The van der Waals surface area contributed by atoms with E-state index < -0.39 is 52.6 Å². The molecule has 2 aromatic carbocycles. The van der Waals surface area contributed by atoms with Gasteiger partial charge in [0.15, 0.2) is 0 Å². The number of amides is 4. The molecule has 2 aliphatic heterocycles. The molecule has 39 heavy (non-hydrogen) atoms. The third-order valence-corrected chi connectivity index (χ3v) is 9.15. The fraction of sp³-hybridized carbons (Fsp3) is 0.379. The Bertz CT molecular complexity index is 1460. The molecule has 2 heterocycles. The van der Waals surface area contributed by atoms with E-state index in [1.54, 1.807) is 25.1 Å². The van der Waals surface area contributed by atoms with Gasteiger partial charge in [-0.25, -0.2) is 9.29 Å². The van der Waals surface area contributed by atoms with Crippen LogP contribution in [-0.4, -0.2) is 41.9 Å². The second kappa shape index (κ2) is 9.27. The Morgan fingerprint density at radius 3 is 2.64 bits per heavy atom. The van der Waals surface area contributed by atoms with Crippen molar-refractivity contribution in [2.45, 2.75) is 25.7 Å². The summed E-state index contributed by atoms with van der Waals surface area (Å²) in [6, 6.07) is 10.9. The number of fused-ring (bicyclic) bond motifs is 4. The number of aliphatic hydroxyl groups excluding tert-OH is 1. The van der Waals surface area contributed by atoms with Gasteiger partial charge in [-0.15, -0.1) is 0 Å². The van der Waals surface area contributed by atoms with Crippen molar-refractivity contribution < 1.29 is 33.4 Å². The van der Waals surface area contributed by atoms with Gasteiger partial charge in [-0.1, -0.05) is 41.4 Å². The molecular weight excluding hydrogens is 527 g/mol. The van der Waals surface area contributed by atoms with Crippen LogP contribution in [0.4, 0.5) is 10.1 Å². The van der Waals surface area contributed by atoms with Gasteiger partial charge in [0.1, 0.15) is 18.2 Å². The lowest BCUT2D eigenvalue weighted by Gasteiger charge is -2.49. The van der Waals surface area contributed by atoms with E-state index in [0.717, 1.165) is 16.5 Å². The Morgan fingerprint density at radius 1 is 1.13 bits per heavy atom. The Kier molecular flexibility index (Phi) is 6.11. The van der Waals surface area contributed by atoms with E-state index >= 15 is 0 Å². The number of hydrogen-bond donors (Lipinski definition) is 2. The second-order valence-electron chi connectivity index (χ2n) is 10.7. The zero-order valence-electron chi connectivity index (χ0n) is 21.0. The quantitative estimate of drug-likeness (QED) is 0.434. The lowest BCUT2D eigenvalue weighted by Crippen LogP contribution is -2.48. The van der Waals surface area contributed by atoms with Crippen LogP contribution in [0.15, 0.2) is 54.1 Å². The van der Waals surface area contributed by atoms with Crippen molar-refractivity contribution >= 4 is 40.9 Å². The molecule has 4 amide bonds. The molecule has 6 rings (SSSR count). The van der Waals surface area contributed by atoms with Crippen molar-refractivity contribution in [3.8, 4) is 5.75 Å². The number of nitrogens with one attached hydrogen (secondary N) is 1. The van der Waals surface area contributed by atoms with Crippen molar-refractivity contribution in [1.82, 2.24) is 5.32 Å². The first-order valence-corrected chi connectivity index (χ1v) is 13.3. The molecule has 2 N–H and O–H groups in total. The largest absolute Gasteiger partial charge is 0.491 e. The second-order valence-corrected chi connectivity index (χ2v) is 11.1. The Morgan fingerprint density at radius 2 is 1.90 bits per heavy atom. The molecule has 0 bridgehead atoms. The number of anilines is 1. The van der Waals surface area contributed by atoms with Gasteiger partial charge in [0.05, 0.1) is 40.5 Å². The summed E-state index contributed by atoms with van der Waals surface area (Å²) in [5, 5.41) is 11.6. The zero-order valence-corrected chi connectivity index (χ0v) is 21.8. The summed E-state index contributed by atoms with van der Waals surface area (Å²) in [5.74, 6) is -4.94. The molecule has 4 aliphatic rings. The van der Waals surface area contributed by atoms with Crippen LogP contribution in [0, 0.1) is 34.9 Å². The SMILES string of the molecule is C[C@@]12C(=O)N(c3ccc(F)c(Cl)c3)C(=O)[C@@H]1C[C@@H]1C(=CC[C@@H]3C(=O)NC(=O)[C@@H]31)[C@@H]2c1ccccc1OCCO. The highest BCUT2D eigenvalue weighted by molar-refractivity contribution is 6.31. The third-order valence-electron chi connectivity index (χ3n) is 8.86. The molecule has 202 valence electrons. The highest BCUT2D eigenvalue weighted by Gasteiger charge is 2.67. The van der Waals surface area contributed by atoms with Crippen molar-refractivity contribution in [3.63, 3.8) is 0 Å². The van der Waals surface area contributed by atoms with Crippen LogP contribution in [-0.2, 0) is 19.2 Å². The number of rotatable bonds is 5. The molecule has 2 aromatic rings. The average molecular weight is 553 g/mol. The zero-order chi connectivity index (χ0) is 27.6. The maximum Gasteiger partial charge on any atom is 0.241 e. The van der Waals surface area contributed by atoms with E-state index in [2.05, 4.69) is 5.32 Å². The fourth-order valence-electron chi connectivity index (χ4n) is 7.15. The van der Waals surface area contributed by atoms with Crippen LogP contribution >= 0.6 is 11.6 Å². The number of allylic oxidation sites excluding steroid dienone is 2. The fourth-order valence-corrected chi connectivity index (χ4v) is 7.32. The average Bonchev–Trinajstić information content (AvgIpc) is 3.32. The number of benzene rings is 2. The molecule has 0 spiro atoms. The van der Waals surface area contributed by atoms with Gasteiger partial charge in [-0.2, -0.15) is 0 Å². The minimum Gasteiger partial charge on any atom is -0.491 e. The number of carbonyl (C=O) groups excluding carboxylic acids is 4. The number of imide groups is 2. The van der Waals surface area contributed by atoms with E-state index in [9.17, 15) is 28.7 Å². The summed E-state index contributed by atoms with van der Waals surface area (Å²) in [5.41, 5.74) is 0.363. The van der Waals surface area contributed by atoms with E-state index in [-0.39, 0.29) is 42.2 Å². The summed E-state index contributed by atoms with van der Waals surface area (Å²) < 4.78 is 19.8. The van der Waals surface area contributed by atoms with E-state index in [1.807, 2.05) is 12.1 Å². The van der Waals surface area contributed by atoms with Gasteiger partial charge in [0.2, 0.25) is 23.6 Å². The van der Waals surface area contributed by atoms with Crippen molar-refractivity contribution in [3.05, 3.63) is 70.5 Å². The molecule has 10 heteroatoms. The van der Waals surface area contributed by atoms with Crippen LogP contribution in [0.3, 0.4) is 0 Å². The summed E-state index contributed by atoms with van der Waals surface area (Å²) in [6.45, 7) is 1.56. The number of ether oxygens (including phenoxy) is 1. The summed E-state index contributed by atoms with van der Waals surface area (Å²) in [7, 11) is 0. The first-order chi connectivity index (χ1) is 18.7. The summed E-state index contributed by atoms with van der Waals surface area (Å²) in [6.07, 6.45) is 2.48. The summed E-state index contributed by atoms with van der Waals surface area (Å²) in [4.78, 5) is 54.9. The molecule has 8 nitrogen and oxygen atoms in total. The van der Waals surface area contributed by atoms with Gasteiger partial charge in [0, 0.05) is 11.5 Å². The number of halogens is 2. The predicted molar refractivity (Wildman–Crippen MR) is 138 cm³/mol. The van der Waals surface area contributed by atoms with Crippen LogP contribution in [0.1, 0.15) is 31.2 Å². The van der Waals surface area contributed by atoms with Crippen LogP contribution < -0.4 is 15.0 Å². The summed E-state index contributed by atoms with van der Waals surface area (Å²) >= 11 is 6.01. The first kappa shape index (κ1) is 25.7. The van der Waals surface area contributed by atoms with Crippen LogP contribution in [0.2, 0.25) is 5.02 Å². The number of para-hydroxylation sites is 1. The molecule has 1 saturated carbocycles. The highest BCUT2D eigenvalue weighted by atomic mass is 35.5. The predicted octanol–water partition coefficient (Wildman–Crippen LogP) is 3.37. The molecular formula is C29H26ClFN2O6. The maximum atomic E-state index is 14.3. The Labute approximate surface area is 228 Å². The van der Waals surface area contributed by atoms with Gasteiger partial charge >= 0.3 is 0 Å². The van der Waals surface area contributed by atoms with Gasteiger partial charge in [-0.3, -0.25) is 24.5 Å². The van der Waals surface area contributed by atoms with E-state index in [4.69, 9.17) is 16.3 Å². The number of aliphatic hydroxyl groups is 1. The lowest BCUT2D eigenvalue weighted by molar-refractivity contribution is -0.131. The van der Waals surface area contributed by atoms with Crippen LogP contribution in [0.5, 0.6) is 5.75 Å². The molecule has 2 aliphatic carbocycles.